The van der Waals surface area contributed by atoms with E-state index in [0.29, 0.717) is 17.9 Å². The van der Waals surface area contributed by atoms with Gasteiger partial charge in [0.05, 0.1) is 19.3 Å². The van der Waals surface area contributed by atoms with Crippen molar-refractivity contribution >= 4 is 6.16 Å². The Labute approximate surface area is 260 Å². The summed E-state index contributed by atoms with van der Waals surface area (Å²) < 4.78 is 11.2. The Morgan fingerprint density at radius 3 is 2.51 bits per heavy atom. The Hall–Kier alpha value is -1.85. The number of fused-ring (bicyclic) bond motifs is 5. The second kappa shape index (κ2) is 14.1. The molecule has 3 fully saturated rings. The Morgan fingerprint density at radius 2 is 1.77 bits per heavy atom. The molecule has 1 aromatic rings. The summed E-state index contributed by atoms with van der Waals surface area (Å²) in [5, 5.41) is 19.0. The zero-order valence-corrected chi connectivity index (χ0v) is 27.3. The van der Waals surface area contributed by atoms with E-state index in [-0.39, 0.29) is 24.2 Å². The molecule has 0 radical (unpaired) electrons. The third kappa shape index (κ3) is 7.19. The SMILES string of the molecule is CC(CCC[C@@H](C)[C@H]1CC[C@H]2[C@@H]3CC=C4C[C@@H](OC(=O)O)CC[C@]4(C)[C@H]3CC[C@]12C)CCC(CO)OCc1ccccc1. The molecule has 2 N–H and O–H groups in total. The highest BCUT2D eigenvalue weighted by atomic mass is 16.7. The highest BCUT2D eigenvalue weighted by molar-refractivity contribution is 5.57. The van der Waals surface area contributed by atoms with Gasteiger partial charge in [-0.25, -0.2) is 4.79 Å². The molecule has 4 aliphatic rings. The first-order chi connectivity index (χ1) is 20.6. The number of carbonyl (C=O) groups is 1. The average molecular weight is 595 g/mol. The second-order valence-corrected chi connectivity index (χ2v) is 15.4. The van der Waals surface area contributed by atoms with Crippen LogP contribution in [0.3, 0.4) is 0 Å². The van der Waals surface area contributed by atoms with Gasteiger partial charge in [-0.05, 0) is 110 Å². The van der Waals surface area contributed by atoms with Gasteiger partial charge in [0, 0.05) is 6.42 Å². The summed E-state index contributed by atoms with van der Waals surface area (Å²) in [6.07, 6.45) is 16.4. The van der Waals surface area contributed by atoms with E-state index < -0.39 is 6.16 Å². The lowest BCUT2D eigenvalue weighted by Gasteiger charge is -2.58. The highest BCUT2D eigenvalue weighted by Crippen LogP contribution is 2.67. The van der Waals surface area contributed by atoms with Crippen LogP contribution >= 0.6 is 0 Å². The van der Waals surface area contributed by atoms with E-state index in [0.717, 1.165) is 67.3 Å². The normalized spacial score (nSPS) is 35.6. The molecule has 2 unspecified atom stereocenters. The van der Waals surface area contributed by atoms with Crippen LogP contribution in [0.5, 0.6) is 0 Å². The molecule has 240 valence electrons. The molecule has 0 aromatic heterocycles. The molecule has 5 rings (SSSR count). The monoisotopic (exact) mass is 594 g/mol. The standard InChI is InChI=1S/C38H58O5/c1-26(13-15-31(24-39)42-25-28-11-6-5-7-12-28)9-8-10-27(2)33-17-18-34-32-16-14-29-23-30(43-36(40)41)19-21-37(29,3)35(32)20-22-38(33,34)4/h5-7,11-12,14,26-27,30-35,39H,8-10,13,15-25H2,1-4H3,(H,40,41)/t26?,27-,30+,31?,32+,33-,34+,35+,37+,38-/m1/s1. The number of allylic oxidation sites excluding steroid dienone is 1. The molecule has 10 atom stereocenters. The molecule has 5 heteroatoms. The minimum atomic E-state index is -1.13. The zero-order valence-electron chi connectivity index (χ0n) is 27.3. The molecule has 1 aromatic carbocycles. The smallest absolute Gasteiger partial charge is 0.450 e. The van der Waals surface area contributed by atoms with Crippen LogP contribution in [0, 0.1) is 46.3 Å². The Morgan fingerprint density at radius 1 is 0.977 bits per heavy atom. The van der Waals surface area contributed by atoms with Crippen molar-refractivity contribution in [3.63, 3.8) is 0 Å². The van der Waals surface area contributed by atoms with Crippen molar-refractivity contribution in [3.8, 4) is 0 Å². The van der Waals surface area contributed by atoms with Crippen LogP contribution < -0.4 is 0 Å². The van der Waals surface area contributed by atoms with Gasteiger partial charge < -0.3 is 19.7 Å². The van der Waals surface area contributed by atoms with Crippen LogP contribution in [0.2, 0.25) is 0 Å². The Balaban J connectivity index is 1.08. The summed E-state index contributed by atoms with van der Waals surface area (Å²) >= 11 is 0. The average Bonchev–Trinajstić information content (AvgIpc) is 3.35. The summed E-state index contributed by atoms with van der Waals surface area (Å²) in [4.78, 5) is 11.2. The van der Waals surface area contributed by atoms with Crippen LogP contribution in [-0.4, -0.2) is 35.2 Å². The van der Waals surface area contributed by atoms with Gasteiger partial charge in [-0.3, -0.25) is 0 Å². The van der Waals surface area contributed by atoms with Gasteiger partial charge in [0.1, 0.15) is 6.10 Å². The molecule has 0 heterocycles. The summed E-state index contributed by atoms with van der Waals surface area (Å²) in [5.41, 5.74) is 3.33. The van der Waals surface area contributed by atoms with Crippen molar-refractivity contribution < 1.29 is 24.5 Å². The number of hydrogen-bond acceptors (Lipinski definition) is 4. The highest BCUT2D eigenvalue weighted by Gasteiger charge is 2.59. The fourth-order valence-corrected chi connectivity index (χ4v) is 10.5. The summed E-state index contributed by atoms with van der Waals surface area (Å²) in [5.74, 6) is 4.61. The predicted octanol–water partition coefficient (Wildman–Crippen LogP) is 9.43. The maximum atomic E-state index is 11.2. The Bertz CT molecular complexity index is 1090. The van der Waals surface area contributed by atoms with Gasteiger partial charge in [-0.2, -0.15) is 0 Å². The van der Waals surface area contributed by atoms with E-state index in [9.17, 15) is 9.90 Å². The van der Waals surface area contributed by atoms with Crippen LogP contribution in [-0.2, 0) is 16.1 Å². The molecule has 3 saturated carbocycles. The van der Waals surface area contributed by atoms with Gasteiger partial charge in [0.2, 0.25) is 0 Å². The molecule has 0 bridgehead atoms. The van der Waals surface area contributed by atoms with E-state index in [2.05, 4.69) is 45.9 Å². The van der Waals surface area contributed by atoms with E-state index in [1.165, 1.54) is 56.9 Å². The van der Waals surface area contributed by atoms with Crippen LogP contribution in [0.4, 0.5) is 4.79 Å². The van der Waals surface area contributed by atoms with Crippen molar-refractivity contribution in [2.24, 2.45) is 46.3 Å². The number of aliphatic hydroxyl groups excluding tert-OH is 1. The minimum absolute atomic E-state index is 0.0758. The number of rotatable bonds is 13. The van der Waals surface area contributed by atoms with Gasteiger partial charge in [-0.1, -0.05) is 88.9 Å². The van der Waals surface area contributed by atoms with Crippen LogP contribution in [0.25, 0.3) is 0 Å². The fraction of sp³-hybridized carbons (Fsp3) is 0.763. The lowest BCUT2D eigenvalue weighted by molar-refractivity contribution is -0.0601. The second-order valence-electron chi connectivity index (χ2n) is 15.4. The van der Waals surface area contributed by atoms with E-state index in [4.69, 9.17) is 14.6 Å². The molecule has 0 aliphatic heterocycles. The molecular formula is C38H58O5. The van der Waals surface area contributed by atoms with Crippen LogP contribution in [0.15, 0.2) is 42.0 Å². The van der Waals surface area contributed by atoms with E-state index in [1.807, 2.05) is 18.2 Å². The van der Waals surface area contributed by atoms with Crippen molar-refractivity contribution in [1.29, 1.82) is 0 Å². The molecule has 5 nitrogen and oxygen atoms in total. The van der Waals surface area contributed by atoms with Crippen molar-refractivity contribution in [1.82, 2.24) is 0 Å². The fourth-order valence-electron chi connectivity index (χ4n) is 10.5. The van der Waals surface area contributed by atoms with E-state index in [1.54, 1.807) is 0 Å². The van der Waals surface area contributed by atoms with Gasteiger partial charge in [0.25, 0.3) is 0 Å². The molecule has 43 heavy (non-hydrogen) atoms. The van der Waals surface area contributed by atoms with E-state index >= 15 is 0 Å². The number of aliphatic hydroxyl groups is 1. The first-order valence-electron chi connectivity index (χ1n) is 17.5. The number of ether oxygens (including phenoxy) is 2. The molecule has 0 spiro atoms. The van der Waals surface area contributed by atoms with Gasteiger partial charge >= 0.3 is 6.16 Å². The molecular weight excluding hydrogens is 536 g/mol. The maximum Gasteiger partial charge on any atom is 0.506 e. The van der Waals surface area contributed by atoms with Crippen LogP contribution in [0.1, 0.15) is 117 Å². The lowest BCUT2D eigenvalue weighted by Crippen LogP contribution is -2.51. The first kappa shape index (κ1) is 32.5. The molecule has 0 amide bonds. The van der Waals surface area contributed by atoms with Crippen molar-refractivity contribution in [2.75, 3.05) is 6.61 Å². The number of carboxylic acid groups (broad SMARTS) is 1. The predicted molar refractivity (Wildman–Crippen MR) is 172 cm³/mol. The van der Waals surface area contributed by atoms with Gasteiger partial charge in [-0.15, -0.1) is 0 Å². The zero-order chi connectivity index (χ0) is 30.6. The Kier molecular flexibility index (Phi) is 10.6. The third-order valence-electron chi connectivity index (χ3n) is 13.0. The summed E-state index contributed by atoms with van der Waals surface area (Å²) in [6, 6.07) is 10.2. The van der Waals surface area contributed by atoms with Gasteiger partial charge in [0.15, 0.2) is 0 Å². The molecule has 0 saturated heterocycles. The third-order valence-corrected chi connectivity index (χ3v) is 13.0. The van der Waals surface area contributed by atoms with Crippen molar-refractivity contribution in [2.45, 2.75) is 130 Å². The quantitative estimate of drug-likeness (QED) is 0.176. The largest absolute Gasteiger partial charge is 0.506 e. The summed E-state index contributed by atoms with van der Waals surface area (Å²) in [6.45, 7) is 10.7. The first-order valence-corrected chi connectivity index (χ1v) is 17.5. The van der Waals surface area contributed by atoms with Crippen molar-refractivity contribution in [3.05, 3.63) is 47.5 Å². The topological polar surface area (TPSA) is 76.0 Å². The maximum absolute atomic E-state index is 11.2. The summed E-state index contributed by atoms with van der Waals surface area (Å²) in [7, 11) is 0. The number of benzene rings is 1. The minimum Gasteiger partial charge on any atom is -0.450 e. The number of hydrogen-bond donors (Lipinski definition) is 2. The molecule has 4 aliphatic carbocycles. The lowest BCUT2D eigenvalue weighted by atomic mass is 9.47.